The first-order valence-electron chi connectivity index (χ1n) is 6.13. The quantitative estimate of drug-likeness (QED) is 0.738. The van der Waals surface area contributed by atoms with Crippen molar-refractivity contribution in [2.45, 2.75) is 71.6 Å². The number of carboxylic acids is 1. The van der Waals surface area contributed by atoms with Crippen LogP contribution in [0.2, 0.25) is 0 Å². The maximum absolute atomic E-state index is 12.0. The average Bonchev–Trinajstić information content (AvgIpc) is 2.06. The smallest absolute Gasteiger partial charge is 0.323 e. The lowest BCUT2D eigenvalue weighted by Gasteiger charge is -2.29. The summed E-state index contributed by atoms with van der Waals surface area (Å²) >= 11 is 0. The molecule has 0 aromatic rings. The van der Waals surface area contributed by atoms with Crippen LogP contribution >= 0.6 is 0 Å². The predicted octanol–water partition coefficient (Wildman–Crippen LogP) is 1.95. The van der Waals surface area contributed by atoms with Gasteiger partial charge in [-0.05, 0) is 48.0 Å². The fourth-order valence-corrected chi connectivity index (χ4v) is 1.41. The zero-order valence-corrected chi connectivity index (χ0v) is 12.2. The van der Waals surface area contributed by atoms with Gasteiger partial charge in [-0.15, -0.1) is 0 Å². The summed E-state index contributed by atoms with van der Waals surface area (Å²) in [6.07, 6.45) is 0.161. The van der Waals surface area contributed by atoms with Crippen LogP contribution in [0.4, 0.5) is 0 Å². The summed E-state index contributed by atoms with van der Waals surface area (Å²) in [5.74, 6) is -1.32. The third-order valence-electron chi connectivity index (χ3n) is 1.95. The number of esters is 1. The Labute approximate surface area is 109 Å². The standard InChI is InChI=1S/C13H25NO4/c1-12(2,3)14-9(7-8-10(15)16)11(17)18-13(4,5)6/h9,14H,7-8H2,1-6H3,(H,15,16)/t9-/m1/s1. The van der Waals surface area contributed by atoms with Gasteiger partial charge in [0.05, 0.1) is 0 Å². The fourth-order valence-electron chi connectivity index (χ4n) is 1.41. The van der Waals surface area contributed by atoms with Crippen LogP contribution in [0.15, 0.2) is 0 Å². The molecule has 0 aromatic heterocycles. The largest absolute Gasteiger partial charge is 0.481 e. The first-order valence-corrected chi connectivity index (χ1v) is 6.13. The van der Waals surface area contributed by atoms with E-state index >= 15 is 0 Å². The molecule has 18 heavy (non-hydrogen) atoms. The molecule has 0 aliphatic rings. The van der Waals surface area contributed by atoms with Crippen molar-refractivity contribution in [3.05, 3.63) is 0 Å². The molecule has 0 amide bonds. The van der Waals surface area contributed by atoms with Crippen LogP contribution in [0, 0.1) is 0 Å². The van der Waals surface area contributed by atoms with Crippen LogP contribution in [0.5, 0.6) is 0 Å². The van der Waals surface area contributed by atoms with E-state index in [0.717, 1.165) is 0 Å². The van der Waals surface area contributed by atoms with Gasteiger partial charge in [-0.1, -0.05) is 0 Å². The van der Waals surface area contributed by atoms with Gasteiger partial charge in [-0.2, -0.15) is 0 Å². The fraction of sp³-hybridized carbons (Fsp3) is 0.846. The molecule has 5 nitrogen and oxygen atoms in total. The normalized spacial score (nSPS) is 14.1. The number of carboxylic acid groups (broad SMARTS) is 1. The van der Waals surface area contributed by atoms with Gasteiger partial charge >= 0.3 is 11.9 Å². The van der Waals surface area contributed by atoms with Gasteiger partial charge in [-0.3, -0.25) is 14.9 Å². The van der Waals surface area contributed by atoms with Crippen LogP contribution in [-0.4, -0.2) is 34.2 Å². The minimum atomic E-state index is -0.917. The molecule has 2 N–H and O–H groups in total. The Balaban J connectivity index is 4.64. The molecule has 0 heterocycles. The minimum Gasteiger partial charge on any atom is -0.481 e. The monoisotopic (exact) mass is 259 g/mol. The summed E-state index contributed by atoms with van der Waals surface area (Å²) in [7, 11) is 0. The summed E-state index contributed by atoms with van der Waals surface area (Å²) in [5.41, 5.74) is -0.849. The van der Waals surface area contributed by atoms with E-state index in [9.17, 15) is 9.59 Å². The highest BCUT2D eigenvalue weighted by molar-refractivity contribution is 5.77. The number of hydrogen-bond acceptors (Lipinski definition) is 4. The molecule has 0 fully saturated rings. The molecule has 5 heteroatoms. The summed E-state index contributed by atoms with van der Waals surface area (Å²) in [6, 6.07) is -0.597. The SMILES string of the molecule is CC(C)(C)N[C@H](CCC(=O)O)C(=O)OC(C)(C)C. The molecule has 0 aliphatic carbocycles. The van der Waals surface area contributed by atoms with Crippen molar-refractivity contribution in [1.82, 2.24) is 5.32 Å². The van der Waals surface area contributed by atoms with Crippen LogP contribution < -0.4 is 5.32 Å². The van der Waals surface area contributed by atoms with Crippen LogP contribution in [-0.2, 0) is 14.3 Å². The van der Waals surface area contributed by atoms with Crippen LogP contribution in [0.25, 0.3) is 0 Å². The van der Waals surface area contributed by atoms with E-state index in [1.807, 2.05) is 20.8 Å². The zero-order valence-electron chi connectivity index (χ0n) is 12.2. The van der Waals surface area contributed by atoms with E-state index in [0.29, 0.717) is 0 Å². The number of carbonyl (C=O) groups is 2. The van der Waals surface area contributed by atoms with E-state index in [1.54, 1.807) is 20.8 Å². The molecule has 106 valence electrons. The van der Waals surface area contributed by atoms with Crippen molar-refractivity contribution in [3.8, 4) is 0 Å². The second-order valence-electron chi connectivity index (χ2n) is 6.41. The van der Waals surface area contributed by atoms with Crippen molar-refractivity contribution < 1.29 is 19.4 Å². The highest BCUT2D eigenvalue weighted by Crippen LogP contribution is 2.13. The van der Waals surface area contributed by atoms with Gasteiger partial charge in [0.15, 0.2) is 0 Å². The maximum atomic E-state index is 12.0. The van der Waals surface area contributed by atoms with Crippen LogP contribution in [0.1, 0.15) is 54.4 Å². The van der Waals surface area contributed by atoms with Crippen molar-refractivity contribution in [1.29, 1.82) is 0 Å². The molecule has 0 bridgehead atoms. The molecule has 0 saturated heterocycles. The molecule has 0 saturated carbocycles. The van der Waals surface area contributed by atoms with Gasteiger partial charge in [0.25, 0.3) is 0 Å². The first kappa shape index (κ1) is 16.9. The first-order chi connectivity index (χ1) is 7.91. The van der Waals surface area contributed by atoms with E-state index in [4.69, 9.17) is 9.84 Å². The molecule has 0 unspecified atom stereocenters. The van der Waals surface area contributed by atoms with Crippen molar-refractivity contribution in [2.24, 2.45) is 0 Å². The second-order valence-corrected chi connectivity index (χ2v) is 6.41. The summed E-state index contributed by atoms with van der Waals surface area (Å²) in [5, 5.41) is 11.8. The minimum absolute atomic E-state index is 0.0625. The molecule has 0 spiro atoms. The molecule has 0 radical (unpaired) electrons. The number of carbonyl (C=O) groups excluding carboxylic acids is 1. The van der Waals surface area contributed by atoms with Crippen molar-refractivity contribution in [2.75, 3.05) is 0 Å². The number of nitrogens with one attached hydrogen (secondary N) is 1. The van der Waals surface area contributed by atoms with Gasteiger partial charge < -0.3 is 9.84 Å². The second kappa shape index (κ2) is 6.18. The van der Waals surface area contributed by atoms with Gasteiger partial charge in [0.1, 0.15) is 11.6 Å². The number of aliphatic carboxylic acids is 1. The van der Waals surface area contributed by atoms with Gasteiger partial charge in [0.2, 0.25) is 0 Å². The lowest BCUT2D eigenvalue weighted by atomic mass is 10.0. The van der Waals surface area contributed by atoms with Crippen LogP contribution in [0.3, 0.4) is 0 Å². The predicted molar refractivity (Wildman–Crippen MR) is 69.4 cm³/mol. The zero-order chi connectivity index (χ0) is 14.6. The lowest BCUT2D eigenvalue weighted by molar-refractivity contribution is -0.158. The summed E-state index contributed by atoms with van der Waals surface area (Å²) in [4.78, 5) is 22.6. The van der Waals surface area contributed by atoms with Crippen molar-refractivity contribution >= 4 is 11.9 Å². The Kier molecular flexibility index (Phi) is 5.80. The number of rotatable bonds is 5. The Morgan fingerprint density at radius 1 is 1.17 bits per heavy atom. The lowest BCUT2D eigenvalue weighted by Crippen LogP contribution is -2.49. The molecule has 0 rings (SSSR count). The van der Waals surface area contributed by atoms with Gasteiger partial charge in [-0.25, -0.2) is 0 Å². The molecule has 0 aliphatic heterocycles. The van der Waals surface area contributed by atoms with E-state index in [2.05, 4.69) is 5.32 Å². The van der Waals surface area contributed by atoms with Crippen molar-refractivity contribution in [3.63, 3.8) is 0 Å². The third-order valence-corrected chi connectivity index (χ3v) is 1.95. The number of ether oxygens (including phenoxy) is 1. The van der Waals surface area contributed by atoms with E-state index < -0.39 is 23.6 Å². The topological polar surface area (TPSA) is 75.6 Å². The Morgan fingerprint density at radius 3 is 2.00 bits per heavy atom. The molecular weight excluding hydrogens is 234 g/mol. The Morgan fingerprint density at radius 2 is 1.67 bits per heavy atom. The third kappa shape index (κ3) is 8.98. The molecule has 0 aromatic carbocycles. The Hall–Kier alpha value is -1.10. The van der Waals surface area contributed by atoms with E-state index in [-0.39, 0.29) is 18.4 Å². The van der Waals surface area contributed by atoms with Gasteiger partial charge in [0, 0.05) is 12.0 Å². The summed E-state index contributed by atoms with van der Waals surface area (Å²) in [6.45, 7) is 11.1. The van der Waals surface area contributed by atoms with E-state index in [1.165, 1.54) is 0 Å². The molecular formula is C13H25NO4. The highest BCUT2D eigenvalue weighted by Gasteiger charge is 2.28. The summed E-state index contributed by atoms with van der Waals surface area (Å²) < 4.78 is 5.28. The maximum Gasteiger partial charge on any atom is 0.323 e. The Bertz CT molecular complexity index is 299. The number of hydrogen-bond donors (Lipinski definition) is 2. The molecule has 1 atom stereocenters. The highest BCUT2D eigenvalue weighted by atomic mass is 16.6. The average molecular weight is 259 g/mol.